The monoisotopic (exact) mass is 228 g/mol. The first-order chi connectivity index (χ1) is 7.78. The number of nitrogens with two attached hydrogens (primary N) is 1. The lowest BCUT2D eigenvalue weighted by Crippen LogP contribution is -2.61. The molecule has 0 spiro atoms. The highest BCUT2D eigenvalue weighted by atomic mass is 16.5. The summed E-state index contributed by atoms with van der Waals surface area (Å²) in [6.45, 7) is 7.40. The molecule has 0 aromatic heterocycles. The van der Waals surface area contributed by atoms with Crippen molar-refractivity contribution in [3.05, 3.63) is 0 Å². The third-order valence-corrected chi connectivity index (χ3v) is 4.00. The molecule has 16 heavy (non-hydrogen) atoms. The van der Waals surface area contributed by atoms with Crippen LogP contribution >= 0.6 is 0 Å². The number of ether oxygens (including phenoxy) is 2. The molecule has 0 amide bonds. The van der Waals surface area contributed by atoms with Crippen molar-refractivity contribution in [3.8, 4) is 0 Å². The highest BCUT2D eigenvalue weighted by Crippen LogP contribution is 2.30. The Kier molecular flexibility index (Phi) is 4.19. The van der Waals surface area contributed by atoms with Crippen LogP contribution in [-0.2, 0) is 9.47 Å². The molecule has 4 heteroatoms. The van der Waals surface area contributed by atoms with Gasteiger partial charge in [0.25, 0.3) is 0 Å². The second-order valence-corrected chi connectivity index (χ2v) is 5.01. The van der Waals surface area contributed by atoms with Crippen LogP contribution in [0.1, 0.15) is 26.2 Å². The first-order valence-corrected chi connectivity index (χ1v) is 6.41. The molecule has 0 saturated carbocycles. The first-order valence-electron chi connectivity index (χ1n) is 6.41. The summed E-state index contributed by atoms with van der Waals surface area (Å²) in [5, 5.41) is 0. The van der Waals surface area contributed by atoms with E-state index in [1.807, 2.05) is 0 Å². The molecule has 0 radical (unpaired) electrons. The van der Waals surface area contributed by atoms with Crippen LogP contribution in [0.15, 0.2) is 0 Å². The van der Waals surface area contributed by atoms with E-state index in [9.17, 15) is 0 Å². The fourth-order valence-electron chi connectivity index (χ4n) is 3.03. The third kappa shape index (κ3) is 2.40. The minimum absolute atomic E-state index is 0.152. The Morgan fingerprint density at radius 3 is 2.88 bits per heavy atom. The predicted octanol–water partition coefficient (Wildman–Crippen LogP) is 0.605. The van der Waals surface area contributed by atoms with Gasteiger partial charge in [-0.25, -0.2) is 0 Å². The second kappa shape index (κ2) is 5.45. The van der Waals surface area contributed by atoms with E-state index in [4.69, 9.17) is 15.2 Å². The molecule has 0 aliphatic carbocycles. The lowest BCUT2D eigenvalue weighted by atomic mass is 9.87. The van der Waals surface area contributed by atoms with Gasteiger partial charge in [0.05, 0.1) is 13.2 Å². The molecule has 2 rings (SSSR count). The van der Waals surface area contributed by atoms with Crippen molar-refractivity contribution in [1.82, 2.24) is 4.90 Å². The molecular weight excluding hydrogens is 204 g/mol. The molecule has 0 aromatic rings. The van der Waals surface area contributed by atoms with Crippen LogP contribution in [0, 0.1) is 0 Å². The van der Waals surface area contributed by atoms with Gasteiger partial charge in [0, 0.05) is 37.9 Å². The van der Waals surface area contributed by atoms with Gasteiger partial charge >= 0.3 is 0 Å². The highest BCUT2D eigenvalue weighted by Gasteiger charge is 2.39. The summed E-state index contributed by atoms with van der Waals surface area (Å²) in [5.41, 5.74) is 6.22. The number of rotatable bonds is 2. The zero-order chi connectivity index (χ0) is 11.4. The normalized spacial score (nSPS) is 38.2. The van der Waals surface area contributed by atoms with Crippen molar-refractivity contribution in [2.45, 2.75) is 37.8 Å². The molecule has 2 aliphatic rings. The van der Waals surface area contributed by atoms with E-state index >= 15 is 0 Å². The largest absolute Gasteiger partial charge is 0.381 e. The molecule has 4 nitrogen and oxygen atoms in total. The van der Waals surface area contributed by atoms with E-state index in [0.29, 0.717) is 6.04 Å². The van der Waals surface area contributed by atoms with Gasteiger partial charge in [0.1, 0.15) is 0 Å². The predicted molar refractivity (Wildman–Crippen MR) is 63.4 cm³/mol. The van der Waals surface area contributed by atoms with E-state index in [2.05, 4.69) is 11.8 Å². The van der Waals surface area contributed by atoms with Crippen LogP contribution in [-0.4, -0.2) is 56.0 Å². The Balaban J connectivity index is 2.10. The molecule has 94 valence electrons. The van der Waals surface area contributed by atoms with E-state index in [1.54, 1.807) is 0 Å². The maximum absolute atomic E-state index is 6.06. The van der Waals surface area contributed by atoms with Gasteiger partial charge in [0.15, 0.2) is 0 Å². The molecule has 2 unspecified atom stereocenters. The van der Waals surface area contributed by atoms with Gasteiger partial charge in [-0.05, 0) is 26.2 Å². The summed E-state index contributed by atoms with van der Waals surface area (Å²) in [6.07, 6.45) is 3.35. The minimum Gasteiger partial charge on any atom is -0.381 e. The summed E-state index contributed by atoms with van der Waals surface area (Å²) in [6, 6.07) is 0.482. The molecule has 2 aliphatic heterocycles. The van der Waals surface area contributed by atoms with Crippen molar-refractivity contribution >= 4 is 0 Å². The second-order valence-electron chi connectivity index (χ2n) is 5.01. The molecule has 0 bridgehead atoms. The number of hydrogen-bond donors (Lipinski definition) is 1. The summed E-state index contributed by atoms with van der Waals surface area (Å²) in [4.78, 5) is 2.56. The van der Waals surface area contributed by atoms with Crippen LogP contribution in [0.25, 0.3) is 0 Å². The van der Waals surface area contributed by atoms with Crippen molar-refractivity contribution in [3.63, 3.8) is 0 Å². The summed E-state index contributed by atoms with van der Waals surface area (Å²) >= 11 is 0. The number of nitrogens with zero attached hydrogens (tertiary/aromatic N) is 1. The molecule has 0 aromatic carbocycles. The Bertz CT molecular complexity index is 215. The van der Waals surface area contributed by atoms with E-state index in [1.165, 1.54) is 0 Å². The van der Waals surface area contributed by atoms with Crippen molar-refractivity contribution in [1.29, 1.82) is 0 Å². The number of hydrogen-bond acceptors (Lipinski definition) is 4. The van der Waals surface area contributed by atoms with Crippen LogP contribution in [0.5, 0.6) is 0 Å². The summed E-state index contributed by atoms with van der Waals surface area (Å²) in [5.74, 6) is 0. The molecule has 2 saturated heterocycles. The van der Waals surface area contributed by atoms with E-state index in [-0.39, 0.29) is 5.54 Å². The molecular formula is C12H24N2O2. The maximum atomic E-state index is 6.06. The van der Waals surface area contributed by atoms with Gasteiger partial charge in [-0.1, -0.05) is 0 Å². The minimum atomic E-state index is 0.152. The van der Waals surface area contributed by atoms with Crippen LogP contribution in [0.4, 0.5) is 0 Å². The Morgan fingerprint density at radius 1 is 1.25 bits per heavy atom. The van der Waals surface area contributed by atoms with Crippen molar-refractivity contribution < 1.29 is 9.47 Å². The molecule has 2 atom stereocenters. The van der Waals surface area contributed by atoms with Gasteiger partial charge in [0.2, 0.25) is 0 Å². The average Bonchev–Trinajstić information content (AvgIpc) is 2.56. The topological polar surface area (TPSA) is 47.7 Å². The van der Waals surface area contributed by atoms with Gasteiger partial charge in [-0.3, -0.25) is 4.90 Å². The summed E-state index contributed by atoms with van der Waals surface area (Å²) < 4.78 is 11.1. The van der Waals surface area contributed by atoms with E-state index < -0.39 is 0 Å². The Morgan fingerprint density at radius 2 is 2.12 bits per heavy atom. The van der Waals surface area contributed by atoms with Crippen molar-refractivity contribution in [2.24, 2.45) is 5.73 Å². The molecule has 2 N–H and O–H groups in total. The highest BCUT2D eigenvalue weighted by molar-refractivity contribution is 4.96. The fraction of sp³-hybridized carbons (Fsp3) is 1.00. The van der Waals surface area contributed by atoms with E-state index in [0.717, 1.165) is 58.8 Å². The maximum Gasteiger partial charge on any atom is 0.0620 e. The summed E-state index contributed by atoms with van der Waals surface area (Å²) in [7, 11) is 0. The third-order valence-electron chi connectivity index (χ3n) is 4.00. The Labute approximate surface area is 98.1 Å². The van der Waals surface area contributed by atoms with Crippen LogP contribution < -0.4 is 5.73 Å². The van der Waals surface area contributed by atoms with Gasteiger partial charge in [-0.15, -0.1) is 0 Å². The zero-order valence-electron chi connectivity index (χ0n) is 10.3. The number of morpholine rings is 1. The lowest BCUT2D eigenvalue weighted by molar-refractivity contribution is -0.0627. The lowest BCUT2D eigenvalue weighted by Gasteiger charge is -2.48. The zero-order valence-corrected chi connectivity index (χ0v) is 10.3. The van der Waals surface area contributed by atoms with Crippen molar-refractivity contribution in [2.75, 3.05) is 39.5 Å². The quantitative estimate of drug-likeness (QED) is 0.752. The van der Waals surface area contributed by atoms with Gasteiger partial charge < -0.3 is 15.2 Å². The smallest absolute Gasteiger partial charge is 0.0620 e. The first kappa shape index (κ1) is 12.3. The Hall–Kier alpha value is -0.160. The SMILES string of the molecule is CC1COCCN1C1(CN)CCCOCC1. The fourth-order valence-corrected chi connectivity index (χ4v) is 3.03. The molecule has 2 fully saturated rings. The molecule has 2 heterocycles. The average molecular weight is 228 g/mol. The van der Waals surface area contributed by atoms with Gasteiger partial charge in [-0.2, -0.15) is 0 Å². The van der Waals surface area contributed by atoms with Crippen LogP contribution in [0.3, 0.4) is 0 Å². The standard InChI is InChI=1S/C12H24N2O2/c1-11-9-16-8-5-14(11)12(10-13)3-2-6-15-7-4-12/h11H,2-10,13H2,1H3. The van der Waals surface area contributed by atoms with Crippen LogP contribution in [0.2, 0.25) is 0 Å².